The lowest BCUT2D eigenvalue weighted by Crippen LogP contribution is -2.44. The number of imide groups is 2. The zero-order valence-electron chi connectivity index (χ0n) is 14.1. The van der Waals surface area contributed by atoms with E-state index in [-0.39, 0.29) is 6.54 Å². The molecule has 0 atom stereocenters. The third-order valence-corrected chi connectivity index (χ3v) is 3.69. The molecule has 0 unspecified atom stereocenters. The lowest BCUT2D eigenvalue weighted by molar-refractivity contribution is -0.144. The van der Waals surface area contributed by atoms with Gasteiger partial charge in [0, 0.05) is 19.8 Å². The fourth-order valence-corrected chi connectivity index (χ4v) is 2.15. The Bertz CT molecular complexity index is 743. The molecule has 1 aromatic rings. The lowest BCUT2D eigenvalue weighted by Gasteiger charge is -2.19. The van der Waals surface area contributed by atoms with Gasteiger partial charge in [0.25, 0.3) is 0 Å². The second-order valence-electron chi connectivity index (χ2n) is 5.70. The van der Waals surface area contributed by atoms with Crippen LogP contribution in [-0.2, 0) is 19.2 Å². The smallest absolute Gasteiger partial charge is 0.334 e. The Morgan fingerprint density at radius 2 is 1.68 bits per heavy atom. The average Bonchev–Trinajstić information content (AvgIpc) is 2.74. The summed E-state index contributed by atoms with van der Waals surface area (Å²) in [5.74, 6) is -3.10. The number of likely N-dealkylation sites (N-methyl/N-ethyl adjacent to an activating group) is 2. The van der Waals surface area contributed by atoms with Crippen molar-refractivity contribution >= 4 is 35.3 Å². The maximum atomic E-state index is 12.1. The number of nitrogens with one attached hydrogen (secondary N) is 1. The van der Waals surface area contributed by atoms with Gasteiger partial charge in [-0.2, -0.15) is 0 Å². The Morgan fingerprint density at radius 1 is 1.08 bits per heavy atom. The van der Waals surface area contributed by atoms with Crippen LogP contribution in [0, 0.1) is 6.92 Å². The lowest BCUT2D eigenvalue weighted by atomic mass is 10.2. The Morgan fingerprint density at radius 3 is 2.20 bits per heavy atom. The number of nitrogens with zero attached hydrogens (tertiary/aromatic N) is 3. The summed E-state index contributed by atoms with van der Waals surface area (Å²) in [6.07, 6.45) is 0. The zero-order chi connectivity index (χ0) is 18.7. The van der Waals surface area contributed by atoms with Gasteiger partial charge in [0.2, 0.25) is 11.8 Å². The van der Waals surface area contributed by atoms with Crippen molar-refractivity contribution in [2.75, 3.05) is 32.5 Å². The van der Waals surface area contributed by atoms with Crippen molar-refractivity contribution in [2.24, 2.45) is 0 Å². The summed E-state index contributed by atoms with van der Waals surface area (Å²) in [6.45, 7) is 1.07. The summed E-state index contributed by atoms with van der Waals surface area (Å²) in [7, 11) is 2.53. The first kappa shape index (κ1) is 18.1. The van der Waals surface area contributed by atoms with E-state index in [9.17, 15) is 24.0 Å². The van der Waals surface area contributed by atoms with Crippen molar-refractivity contribution in [3.8, 4) is 0 Å². The highest BCUT2D eigenvalue weighted by molar-refractivity contribution is 6.44. The van der Waals surface area contributed by atoms with Crippen LogP contribution in [0.5, 0.6) is 0 Å². The molecule has 1 aliphatic heterocycles. The highest BCUT2D eigenvalue weighted by atomic mass is 16.2. The minimum atomic E-state index is -1.06. The quantitative estimate of drug-likeness (QED) is 0.587. The summed E-state index contributed by atoms with van der Waals surface area (Å²) < 4.78 is 0. The minimum absolute atomic E-state index is 0.257. The molecule has 25 heavy (non-hydrogen) atoms. The van der Waals surface area contributed by atoms with E-state index in [1.165, 1.54) is 7.05 Å². The Hall–Kier alpha value is -3.23. The average molecular weight is 346 g/mol. The van der Waals surface area contributed by atoms with Crippen molar-refractivity contribution in [1.29, 1.82) is 0 Å². The zero-order valence-corrected chi connectivity index (χ0v) is 14.1. The SMILES string of the molecule is Cc1ccc(NC(=O)CN(C)C(=O)CN2C(=O)C(=O)N(C)C2=O)cc1. The van der Waals surface area contributed by atoms with Crippen LogP contribution in [0.3, 0.4) is 0 Å². The topological polar surface area (TPSA) is 107 Å². The summed E-state index contributed by atoms with van der Waals surface area (Å²) in [4.78, 5) is 61.1. The number of hydrogen-bond acceptors (Lipinski definition) is 5. The second kappa shape index (κ2) is 7.12. The van der Waals surface area contributed by atoms with Gasteiger partial charge in [-0.25, -0.2) is 9.69 Å². The molecule has 0 aromatic heterocycles. The number of carbonyl (C=O) groups is 5. The summed E-state index contributed by atoms with van der Waals surface area (Å²) >= 11 is 0. The van der Waals surface area contributed by atoms with Gasteiger partial charge in [-0.1, -0.05) is 17.7 Å². The number of benzene rings is 1. The van der Waals surface area contributed by atoms with E-state index < -0.39 is 36.2 Å². The molecule has 1 aromatic carbocycles. The van der Waals surface area contributed by atoms with Gasteiger partial charge in [-0.3, -0.25) is 24.1 Å². The van der Waals surface area contributed by atoms with Crippen molar-refractivity contribution in [3.63, 3.8) is 0 Å². The minimum Gasteiger partial charge on any atom is -0.335 e. The molecule has 6 amide bonds. The molecule has 0 radical (unpaired) electrons. The summed E-state index contributed by atoms with van der Waals surface area (Å²) in [5.41, 5.74) is 1.64. The highest BCUT2D eigenvalue weighted by Crippen LogP contribution is 2.10. The van der Waals surface area contributed by atoms with Crippen molar-refractivity contribution < 1.29 is 24.0 Å². The van der Waals surface area contributed by atoms with E-state index in [0.29, 0.717) is 15.5 Å². The third kappa shape index (κ3) is 4.00. The maximum Gasteiger partial charge on any atom is 0.334 e. The first-order valence-corrected chi connectivity index (χ1v) is 7.44. The third-order valence-electron chi connectivity index (χ3n) is 3.69. The normalized spacial score (nSPS) is 14.1. The molecule has 2 rings (SSSR count). The van der Waals surface area contributed by atoms with Crippen molar-refractivity contribution in [3.05, 3.63) is 29.8 Å². The van der Waals surface area contributed by atoms with Gasteiger partial charge in [-0.15, -0.1) is 0 Å². The molecular formula is C16H18N4O5. The molecular weight excluding hydrogens is 328 g/mol. The van der Waals surface area contributed by atoms with Crippen LogP contribution in [0.2, 0.25) is 0 Å². The number of hydrogen-bond donors (Lipinski definition) is 1. The van der Waals surface area contributed by atoms with E-state index in [2.05, 4.69) is 5.32 Å². The number of amides is 6. The van der Waals surface area contributed by atoms with Gasteiger partial charge in [-0.05, 0) is 19.1 Å². The molecule has 1 N–H and O–H groups in total. The van der Waals surface area contributed by atoms with E-state index >= 15 is 0 Å². The second-order valence-corrected chi connectivity index (χ2v) is 5.70. The monoisotopic (exact) mass is 346 g/mol. The highest BCUT2D eigenvalue weighted by Gasteiger charge is 2.43. The van der Waals surface area contributed by atoms with E-state index in [4.69, 9.17) is 0 Å². The van der Waals surface area contributed by atoms with Crippen LogP contribution in [0.25, 0.3) is 0 Å². The number of aryl methyl sites for hydroxylation is 1. The molecule has 0 saturated carbocycles. The van der Waals surface area contributed by atoms with Crippen molar-refractivity contribution in [1.82, 2.24) is 14.7 Å². The van der Waals surface area contributed by atoms with Crippen LogP contribution in [0.1, 0.15) is 5.56 Å². The van der Waals surface area contributed by atoms with Gasteiger partial charge in [0.1, 0.15) is 6.54 Å². The Labute approximate surface area is 144 Å². The molecule has 9 heteroatoms. The van der Waals surface area contributed by atoms with Gasteiger partial charge >= 0.3 is 17.8 Å². The number of carbonyl (C=O) groups excluding carboxylic acids is 5. The van der Waals surface area contributed by atoms with Crippen LogP contribution < -0.4 is 5.32 Å². The van der Waals surface area contributed by atoms with Crippen molar-refractivity contribution in [2.45, 2.75) is 6.92 Å². The van der Waals surface area contributed by atoms with E-state index in [0.717, 1.165) is 17.5 Å². The number of urea groups is 1. The maximum absolute atomic E-state index is 12.1. The van der Waals surface area contributed by atoms with Gasteiger partial charge in [0.05, 0.1) is 6.54 Å². The fourth-order valence-electron chi connectivity index (χ4n) is 2.15. The van der Waals surface area contributed by atoms with Gasteiger partial charge in [0.15, 0.2) is 0 Å². The van der Waals surface area contributed by atoms with E-state index in [1.54, 1.807) is 12.1 Å². The van der Waals surface area contributed by atoms with Crippen LogP contribution in [0.4, 0.5) is 10.5 Å². The standard InChI is InChI=1S/C16H18N4O5/c1-10-4-6-11(7-5-10)17-12(21)8-18(2)13(22)9-20-15(24)14(23)19(3)16(20)25/h4-7H,8-9H2,1-3H3,(H,17,21). The summed E-state index contributed by atoms with van der Waals surface area (Å²) in [5, 5.41) is 2.64. The fraction of sp³-hybridized carbons (Fsp3) is 0.312. The number of rotatable bonds is 5. The summed E-state index contributed by atoms with van der Waals surface area (Å²) in [6, 6.07) is 6.28. The predicted octanol–water partition coefficient (Wildman–Crippen LogP) is -0.187. The Kier molecular flexibility index (Phi) is 5.16. The van der Waals surface area contributed by atoms with E-state index in [1.807, 2.05) is 19.1 Å². The molecule has 132 valence electrons. The molecule has 1 heterocycles. The molecule has 9 nitrogen and oxygen atoms in total. The van der Waals surface area contributed by atoms with Crippen LogP contribution >= 0.6 is 0 Å². The molecule has 0 bridgehead atoms. The first-order valence-electron chi connectivity index (χ1n) is 7.44. The number of anilines is 1. The largest absolute Gasteiger partial charge is 0.335 e. The predicted molar refractivity (Wildman–Crippen MR) is 87.3 cm³/mol. The first-order chi connectivity index (χ1) is 11.7. The molecule has 0 spiro atoms. The molecule has 1 saturated heterocycles. The molecule has 0 aliphatic carbocycles. The Balaban J connectivity index is 1.90. The van der Waals surface area contributed by atoms with Crippen LogP contribution in [0.15, 0.2) is 24.3 Å². The molecule has 1 aliphatic rings. The van der Waals surface area contributed by atoms with Crippen LogP contribution in [-0.4, -0.2) is 71.5 Å². The van der Waals surface area contributed by atoms with Gasteiger partial charge < -0.3 is 10.2 Å². The molecule has 1 fully saturated rings.